The van der Waals surface area contributed by atoms with E-state index in [9.17, 15) is 9.59 Å². The van der Waals surface area contributed by atoms with Gasteiger partial charge in [-0.2, -0.15) is 0 Å². The molecule has 1 aromatic carbocycles. The second-order valence-corrected chi connectivity index (χ2v) is 6.68. The fraction of sp³-hybridized carbons (Fsp3) is 0.600. The lowest BCUT2D eigenvalue weighted by molar-refractivity contribution is -0.139. The maximum absolute atomic E-state index is 12.4. The zero-order valence-corrected chi connectivity index (χ0v) is 15.6. The smallest absolute Gasteiger partial charge is 0.225 e. The molecule has 1 aliphatic rings. The number of rotatable bonds is 7. The van der Waals surface area contributed by atoms with Crippen molar-refractivity contribution < 1.29 is 14.3 Å². The van der Waals surface area contributed by atoms with Crippen LogP contribution in [-0.4, -0.2) is 36.9 Å². The third-order valence-electron chi connectivity index (χ3n) is 5.14. The quantitative estimate of drug-likeness (QED) is 0.826. The first-order valence-corrected chi connectivity index (χ1v) is 9.28. The SMILES string of the molecule is CCC(CC)C(=O)N1CCC(C(=O)NCc2ccc(OC)cc2)CC1. The Morgan fingerprint density at radius 3 is 2.28 bits per heavy atom. The average Bonchev–Trinajstić information content (AvgIpc) is 2.67. The molecule has 0 atom stereocenters. The van der Waals surface area contributed by atoms with E-state index in [1.807, 2.05) is 29.2 Å². The molecule has 5 nitrogen and oxygen atoms in total. The van der Waals surface area contributed by atoms with Gasteiger partial charge in [0.1, 0.15) is 5.75 Å². The average molecular weight is 346 g/mol. The number of carbonyl (C=O) groups is 2. The van der Waals surface area contributed by atoms with Crippen molar-refractivity contribution in [3.05, 3.63) is 29.8 Å². The molecule has 1 fully saturated rings. The molecule has 1 aromatic rings. The molecule has 1 saturated heterocycles. The highest BCUT2D eigenvalue weighted by atomic mass is 16.5. The van der Waals surface area contributed by atoms with E-state index < -0.39 is 0 Å². The highest BCUT2D eigenvalue weighted by Crippen LogP contribution is 2.21. The predicted octanol–water partition coefficient (Wildman–Crippen LogP) is 2.99. The van der Waals surface area contributed by atoms with Crippen molar-refractivity contribution in [3.8, 4) is 5.75 Å². The summed E-state index contributed by atoms with van der Waals surface area (Å²) in [5.74, 6) is 1.28. The molecule has 2 rings (SSSR count). The number of nitrogens with zero attached hydrogens (tertiary/aromatic N) is 1. The lowest BCUT2D eigenvalue weighted by atomic mass is 9.93. The van der Waals surface area contributed by atoms with Gasteiger partial charge in [-0.25, -0.2) is 0 Å². The van der Waals surface area contributed by atoms with Crippen LogP contribution in [0.4, 0.5) is 0 Å². The molecule has 0 aliphatic carbocycles. The molecule has 1 heterocycles. The molecule has 25 heavy (non-hydrogen) atoms. The van der Waals surface area contributed by atoms with Gasteiger partial charge >= 0.3 is 0 Å². The lowest BCUT2D eigenvalue weighted by Crippen LogP contribution is -2.44. The fourth-order valence-electron chi connectivity index (χ4n) is 3.34. The third kappa shape index (κ3) is 5.21. The molecular weight excluding hydrogens is 316 g/mol. The number of hydrogen-bond acceptors (Lipinski definition) is 3. The Morgan fingerprint density at radius 1 is 1.16 bits per heavy atom. The maximum Gasteiger partial charge on any atom is 0.225 e. The van der Waals surface area contributed by atoms with Gasteiger partial charge in [0, 0.05) is 31.5 Å². The number of amides is 2. The van der Waals surface area contributed by atoms with Crippen molar-refractivity contribution in [2.24, 2.45) is 11.8 Å². The summed E-state index contributed by atoms with van der Waals surface area (Å²) in [7, 11) is 1.64. The first kappa shape index (κ1) is 19.3. The van der Waals surface area contributed by atoms with Crippen molar-refractivity contribution in [3.63, 3.8) is 0 Å². The maximum atomic E-state index is 12.4. The molecule has 138 valence electrons. The number of carbonyl (C=O) groups excluding carboxylic acids is 2. The second kappa shape index (κ2) is 9.44. The van der Waals surface area contributed by atoms with Gasteiger partial charge in [-0.1, -0.05) is 26.0 Å². The normalized spacial score (nSPS) is 15.3. The van der Waals surface area contributed by atoms with Crippen molar-refractivity contribution in [1.82, 2.24) is 10.2 Å². The molecule has 0 spiro atoms. The summed E-state index contributed by atoms with van der Waals surface area (Å²) in [6.07, 6.45) is 3.27. The van der Waals surface area contributed by atoms with Crippen LogP contribution in [-0.2, 0) is 16.1 Å². The summed E-state index contributed by atoms with van der Waals surface area (Å²) in [4.78, 5) is 26.7. The van der Waals surface area contributed by atoms with E-state index in [0.717, 1.165) is 37.0 Å². The molecule has 0 saturated carbocycles. The molecular formula is C20H30N2O3. The van der Waals surface area contributed by atoms with Gasteiger partial charge in [-0.05, 0) is 43.4 Å². The van der Waals surface area contributed by atoms with Crippen LogP contribution < -0.4 is 10.1 Å². The van der Waals surface area contributed by atoms with E-state index in [2.05, 4.69) is 19.2 Å². The van der Waals surface area contributed by atoms with Crippen LogP contribution in [0.15, 0.2) is 24.3 Å². The monoisotopic (exact) mass is 346 g/mol. The van der Waals surface area contributed by atoms with Crippen LogP contribution in [0, 0.1) is 11.8 Å². The fourth-order valence-corrected chi connectivity index (χ4v) is 3.34. The van der Waals surface area contributed by atoms with Gasteiger partial charge in [-0.3, -0.25) is 9.59 Å². The molecule has 5 heteroatoms. The standard InChI is InChI=1S/C20H30N2O3/c1-4-16(5-2)20(24)22-12-10-17(11-13-22)19(23)21-14-15-6-8-18(25-3)9-7-15/h6-9,16-17H,4-5,10-14H2,1-3H3,(H,21,23). The predicted molar refractivity (Wildman–Crippen MR) is 98.2 cm³/mol. The first-order chi connectivity index (χ1) is 12.1. The Bertz CT molecular complexity index is 559. The highest BCUT2D eigenvalue weighted by Gasteiger charge is 2.29. The summed E-state index contributed by atoms with van der Waals surface area (Å²) in [5, 5.41) is 3.01. The number of methoxy groups -OCH3 is 1. The lowest BCUT2D eigenvalue weighted by Gasteiger charge is -2.33. The van der Waals surface area contributed by atoms with E-state index >= 15 is 0 Å². The van der Waals surface area contributed by atoms with Gasteiger partial charge in [0.05, 0.1) is 7.11 Å². The Kier molecular flexibility index (Phi) is 7.29. The summed E-state index contributed by atoms with van der Waals surface area (Å²) in [6, 6.07) is 7.69. The van der Waals surface area contributed by atoms with Gasteiger partial charge in [0.15, 0.2) is 0 Å². The van der Waals surface area contributed by atoms with Gasteiger partial charge < -0.3 is 15.0 Å². The van der Waals surface area contributed by atoms with E-state index in [4.69, 9.17) is 4.74 Å². The minimum absolute atomic E-state index is 0.00371. The van der Waals surface area contributed by atoms with Gasteiger partial charge in [0.25, 0.3) is 0 Å². The van der Waals surface area contributed by atoms with Crippen molar-refractivity contribution >= 4 is 11.8 Å². The van der Waals surface area contributed by atoms with Crippen LogP contribution in [0.2, 0.25) is 0 Å². The zero-order valence-electron chi connectivity index (χ0n) is 15.6. The second-order valence-electron chi connectivity index (χ2n) is 6.68. The number of likely N-dealkylation sites (tertiary alicyclic amines) is 1. The molecule has 1 aliphatic heterocycles. The molecule has 2 amide bonds. The minimum atomic E-state index is 0.00371. The molecule has 0 unspecified atom stereocenters. The summed E-state index contributed by atoms with van der Waals surface area (Å²) < 4.78 is 5.13. The van der Waals surface area contributed by atoms with Crippen molar-refractivity contribution in [2.75, 3.05) is 20.2 Å². The Morgan fingerprint density at radius 2 is 1.76 bits per heavy atom. The zero-order chi connectivity index (χ0) is 18.2. The summed E-state index contributed by atoms with van der Waals surface area (Å²) in [6.45, 7) is 6.03. The highest BCUT2D eigenvalue weighted by molar-refractivity contribution is 5.81. The number of benzene rings is 1. The molecule has 0 radical (unpaired) electrons. The molecule has 0 bridgehead atoms. The van der Waals surface area contributed by atoms with Crippen LogP contribution in [0.5, 0.6) is 5.75 Å². The first-order valence-electron chi connectivity index (χ1n) is 9.28. The Balaban J connectivity index is 1.77. The van der Waals surface area contributed by atoms with E-state index in [0.29, 0.717) is 19.6 Å². The number of piperidine rings is 1. The number of nitrogens with one attached hydrogen (secondary N) is 1. The Hall–Kier alpha value is -2.04. The van der Waals surface area contributed by atoms with Crippen LogP contribution >= 0.6 is 0 Å². The van der Waals surface area contributed by atoms with Gasteiger partial charge in [0.2, 0.25) is 11.8 Å². The van der Waals surface area contributed by atoms with E-state index in [1.54, 1.807) is 7.11 Å². The Labute approximate surface area is 150 Å². The van der Waals surface area contributed by atoms with Crippen LogP contribution in [0.3, 0.4) is 0 Å². The van der Waals surface area contributed by atoms with Crippen molar-refractivity contribution in [2.45, 2.75) is 46.1 Å². The summed E-state index contributed by atoms with van der Waals surface area (Å²) >= 11 is 0. The minimum Gasteiger partial charge on any atom is -0.497 e. The molecule has 1 N–H and O–H groups in total. The summed E-state index contributed by atoms with van der Waals surface area (Å²) in [5.41, 5.74) is 1.05. The van der Waals surface area contributed by atoms with E-state index in [-0.39, 0.29) is 23.7 Å². The largest absolute Gasteiger partial charge is 0.497 e. The van der Waals surface area contributed by atoms with E-state index in [1.165, 1.54) is 0 Å². The van der Waals surface area contributed by atoms with Crippen LogP contribution in [0.1, 0.15) is 45.1 Å². The van der Waals surface area contributed by atoms with Gasteiger partial charge in [-0.15, -0.1) is 0 Å². The van der Waals surface area contributed by atoms with Crippen LogP contribution in [0.25, 0.3) is 0 Å². The number of ether oxygens (including phenoxy) is 1. The number of hydrogen-bond donors (Lipinski definition) is 1. The third-order valence-corrected chi connectivity index (χ3v) is 5.14. The topological polar surface area (TPSA) is 58.6 Å². The van der Waals surface area contributed by atoms with Crippen molar-refractivity contribution in [1.29, 1.82) is 0 Å². The molecule has 0 aromatic heterocycles.